The fourth-order valence-electron chi connectivity index (χ4n) is 3.80. The maximum Gasteiger partial charge on any atom is 0.319 e. The average molecular weight is 423 g/mol. The van der Waals surface area contributed by atoms with Gasteiger partial charge in [-0.15, -0.1) is 0 Å². The van der Waals surface area contributed by atoms with Gasteiger partial charge in [0, 0.05) is 37.2 Å². The summed E-state index contributed by atoms with van der Waals surface area (Å²) < 4.78 is 12.8. The van der Waals surface area contributed by atoms with Crippen LogP contribution in [0.25, 0.3) is 11.0 Å². The fourth-order valence-corrected chi connectivity index (χ4v) is 3.80. The molecule has 1 fully saturated rings. The molecule has 4 heterocycles. The van der Waals surface area contributed by atoms with Crippen LogP contribution in [0.5, 0.6) is 11.9 Å². The van der Waals surface area contributed by atoms with Gasteiger partial charge in [-0.3, -0.25) is 9.59 Å². The molecule has 9 nitrogen and oxygen atoms in total. The van der Waals surface area contributed by atoms with Gasteiger partial charge >= 0.3 is 6.01 Å². The molecule has 1 aliphatic heterocycles. The minimum Gasteiger partial charge on any atom is -0.472 e. The highest BCUT2D eigenvalue weighted by atomic mass is 16.5. The predicted molar refractivity (Wildman–Crippen MR) is 115 cm³/mol. The highest BCUT2D eigenvalue weighted by molar-refractivity contribution is 5.97. The monoisotopic (exact) mass is 423 g/mol. The maximum absolute atomic E-state index is 13.3. The predicted octanol–water partition coefficient (Wildman–Crippen LogP) is 2.21. The summed E-state index contributed by atoms with van der Waals surface area (Å²) in [6, 6.07) is 5.41. The first-order valence-electron chi connectivity index (χ1n) is 10.3. The van der Waals surface area contributed by atoms with E-state index in [4.69, 9.17) is 9.47 Å². The lowest BCUT2D eigenvalue weighted by Crippen LogP contribution is -2.45. The van der Waals surface area contributed by atoms with Crippen molar-refractivity contribution in [2.75, 3.05) is 20.2 Å². The number of hydrogen-bond donors (Lipinski definition) is 0. The molecule has 31 heavy (non-hydrogen) atoms. The Morgan fingerprint density at radius 2 is 2.10 bits per heavy atom. The van der Waals surface area contributed by atoms with E-state index in [9.17, 15) is 9.59 Å². The highest BCUT2D eigenvalue weighted by Gasteiger charge is 2.28. The second-order valence-electron chi connectivity index (χ2n) is 7.50. The molecule has 0 N–H and O–H groups in total. The van der Waals surface area contributed by atoms with Gasteiger partial charge in [-0.2, -0.15) is 4.98 Å². The summed E-state index contributed by atoms with van der Waals surface area (Å²) in [7, 11) is 1.49. The molecule has 162 valence electrons. The van der Waals surface area contributed by atoms with Gasteiger partial charge in [0.2, 0.25) is 11.3 Å². The first-order chi connectivity index (χ1) is 15.0. The van der Waals surface area contributed by atoms with E-state index < -0.39 is 0 Å². The molecule has 0 bridgehead atoms. The summed E-state index contributed by atoms with van der Waals surface area (Å²) in [5, 5.41) is 0.455. The second-order valence-corrected chi connectivity index (χ2v) is 7.50. The number of ether oxygens (including phenoxy) is 2. The molecule has 1 atom stereocenters. The molecule has 9 heteroatoms. The number of aryl methyl sites for hydroxylation is 2. The Morgan fingerprint density at radius 1 is 1.26 bits per heavy atom. The van der Waals surface area contributed by atoms with Gasteiger partial charge in [0.15, 0.2) is 0 Å². The first-order valence-corrected chi connectivity index (χ1v) is 10.3. The molecule has 1 unspecified atom stereocenters. The zero-order valence-corrected chi connectivity index (χ0v) is 17.9. The van der Waals surface area contributed by atoms with E-state index in [1.54, 1.807) is 35.5 Å². The lowest BCUT2D eigenvalue weighted by atomic mass is 10.1. The van der Waals surface area contributed by atoms with Crippen molar-refractivity contribution in [1.82, 2.24) is 24.4 Å². The van der Waals surface area contributed by atoms with Crippen LogP contribution in [0, 0.1) is 6.92 Å². The first kappa shape index (κ1) is 20.8. The normalized spacial score (nSPS) is 16.4. The van der Waals surface area contributed by atoms with Crippen molar-refractivity contribution in [3.05, 3.63) is 52.1 Å². The number of fused-ring (bicyclic) bond motifs is 1. The molecule has 1 saturated heterocycles. The van der Waals surface area contributed by atoms with E-state index >= 15 is 0 Å². The molecule has 0 spiro atoms. The van der Waals surface area contributed by atoms with E-state index in [-0.39, 0.29) is 29.0 Å². The number of nitrogens with zero attached hydrogens (tertiary/aromatic N) is 5. The summed E-state index contributed by atoms with van der Waals surface area (Å²) >= 11 is 0. The quantitative estimate of drug-likeness (QED) is 0.620. The Hall–Kier alpha value is -3.49. The number of piperidine rings is 1. The number of methoxy groups -OCH3 is 1. The average Bonchev–Trinajstić information content (AvgIpc) is 2.79. The molecule has 4 rings (SSSR count). The standard InChI is InChI=1S/C22H25N5O4/c1-4-26-13-17(19(28)16-8-7-14(2)24-20(16)26)21(29)27-11-5-6-15(12-27)31-18-9-10-23-22(25-18)30-3/h7-10,13,15H,4-6,11-12H2,1-3H3. The van der Waals surface area contributed by atoms with Gasteiger partial charge in [0.25, 0.3) is 5.91 Å². The van der Waals surface area contributed by atoms with Gasteiger partial charge in [-0.25, -0.2) is 9.97 Å². The SMILES string of the molecule is CCn1cc(C(=O)N2CCCC(Oc3ccnc(OC)n3)C2)c(=O)c2ccc(C)nc21. The number of carbonyl (C=O) groups is 1. The molecular formula is C22H25N5O4. The molecule has 0 aliphatic carbocycles. The Kier molecular flexibility index (Phi) is 5.83. The number of pyridine rings is 2. The largest absolute Gasteiger partial charge is 0.472 e. The van der Waals surface area contributed by atoms with Gasteiger partial charge in [0.05, 0.1) is 19.0 Å². The van der Waals surface area contributed by atoms with Crippen LogP contribution in [0.3, 0.4) is 0 Å². The summed E-state index contributed by atoms with van der Waals surface area (Å²) in [6.07, 6.45) is 4.52. The van der Waals surface area contributed by atoms with Crippen molar-refractivity contribution >= 4 is 16.9 Å². The van der Waals surface area contributed by atoms with E-state index in [1.807, 2.05) is 18.4 Å². The van der Waals surface area contributed by atoms with Gasteiger partial charge in [-0.1, -0.05) is 0 Å². The molecule has 0 aromatic carbocycles. The van der Waals surface area contributed by atoms with Crippen molar-refractivity contribution in [2.24, 2.45) is 0 Å². The number of hydrogen-bond acceptors (Lipinski definition) is 7. The van der Waals surface area contributed by atoms with E-state index in [0.717, 1.165) is 18.5 Å². The van der Waals surface area contributed by atoms with Crippen LogP contribution in [0.4, 0.5) is 0 Å². The minimum absolute atomic E-state index is 0.157. The molecule has 0 radical (unpaired) electrons. The van der Waals surface area contributed by atoms with Crippen molar-refractivity contribution in [3.8, 4) is 11.9 Å². The van der Waals surface area contributed by atoms with Crippen LogP contribution >= 0.6 is 0 Å². The van der Waals surface area contributed by atoms with Crippen LogP contribution < -0.4 is 14.9 Å². The van der Waals surface area contributed by atoms with Crippen molar-refractivity contribution in [3.63, 3.8) is 0 Å². The third-order valence-electron chi connectivity index (χ3n) is 5.37. The number of carbonyl (C=O) groups excluding carboxylic acids is 1. The van der Waals surface area contributed by atoms with Crippen LogP contribution in [0.1, 0.15) is 35.8 Å². The summed E-state index contributed by atoms with van der Waals surface area (Å²) in [4.78, 5) is 40.7. The summed E-state index contributed by atoms with van der Waals surface area (Å²) in [6.45, 7) is 5.39. The zero-order chi connectivity index (χ0) is 22.0. The topological polar surface area (TPSA) is 99.4 Å². The lowest BCUT2D eigenvalue weighted by molar-refractivity contribution is 0.0524. The third kappa shape index (κ3) is 4.21. The number of aromatic nitrogens is 4. The minimum atomic E-state index is -0.291. The zero-order valence-electron chi connectivity index (χ0n) is 17.9. The van der Waals surface area contributed by atoms with Crippen molar-refractivity contribution in [1.29, 1.82) is 0 Å². The van der Waals surface area contributed by atoms with Gasteiger partial charge in [-0.05, 0) is 38.8 Å². The lowest BCUT2D eigenvalue weighted by Gasteiger charge is -2.32. The van der Waals surface area contributed by atoms with Gasteiger partial charge < -0.3 is 18.9 Å². The smallest absolute Gasteiger partial charge is 0.319 e. The maximum atomic E-state index is 13.3. The number of amides is 1. The Morgan fingerprint density at radius 3 is 2.87 bits per heavy atom. The van der Waals surface area contributed by atoms with Gasteiger partial charge in [0.1, 0.15) is 17.3 Å². The highest BCUT2D eigenvalue weighted by Crippen LogP contribution is 2.20. The van der Waals surface area contributed by atoms with E-state index in [2.05, 4.69) is 15.0 Å². The Labute approximate surface area is 179 Å². The Balaban J connectivity index is 1.59. The van der Waals surface area contributed by atoms with E-state index in [0.29, 0.717) is 36.5 Å². The number of rotatable bonds is 5. The number of likely N-dealkylation sites (tertiary alicyclic amines) is 1. The van der Waals surface area contributed by atoms with E-state index in [1.165, 1.54) is 7.11 Å². The summed E-state index contributed by atoms with van der Waals surface area (Å²) in [5.41, 5.74) is 1.29. The van der Waals surface area contributed by atoms with Crippen molar-refractivity contribution in [2.45, 2.75) is 39.3 Å². The molecule has 3 aromatic rings. The second kappa shape index (κ2) is 8.71. The van der Waals surface area contributed by atoms with Crippen LogP contribution in [-0.2, 0) is 6.54 Å². The summed E-state index contributed by atoms with van der Waals surface area (Å²) in [5.74, 6) is 0.106. The third-order valence-corrected chi connectivity index (χ3v) is 5.37. The molecule has 1 amide bonds. The van der Waals surface area contributed by atoms with Crippen molar-refractivity contribution < 1.29 is 14.3 Å². The van der Waals surface area contributed by atoms with Crippen LogP contribution in [-0.4, -0.2) is 56.6 Å². The molecule has 0 saturated carbocycles. The molecular weight excluding hydrogens is 398 g/mol. The fraction of sp³-hybridized carbons (Fsp3) is 0.409. The van der Waals surface area contributed by atoms with Crippen LogP contribution in [0.15, 0.2) is 35.4 Å². The molecule has 3 aromatic heterocycles. The van der Waals surface area contributed by atoms with Crippen LogP contribution in [0.2, 0.25) is 0 Å². The molecule has 1 aliphatic rings. The Bertz CT molecular complexity index is 1180.